The molecular weight excluding hydrogens is 280 g/mol. The molecule has 17 heavy (non-hydrogen) atoms. The maximum atomic E-state index is 8.70. The summed E-state index contributed by atoms with van der Waals surface area (Å²) in [6, 6.07) is 7.82. The van der Waals surface area contributed by atoms with Crippen molar-refractivity contribution < 1.29 is 4.74 Å². The molecule has 0 aromatic heterocycles. The standard InChI is InChI=1S/C13H17BrN2O/c1-3-6-16-9-11-7-12(4-5-13(11)14)17-10(2)8-15/h4-5,7,10,16H,3,6,9H2,1-2H3. The predicted molar refractivity (Wildman–Crippen MR) is 71.8 cm³/mol. The van der Waals surface area contributed by atoms with Crippen LogP contribution in [-0.4, -0.2) is 12.6 Å². The largest absolute Gasteiger partial charge is 0.476 e. The van der Waals surface area contributed by atoms with Crippen molar-refractivity contribution in [1.82, 2.24) is 5.32 Å². The Labute approximate surface area is 111 Å². The maximum Gasteiger partial charge on any atom is 0.181 e. The summed E-state index contributed by atoms with van der Waals surface area (Å²) >= 11 is 3.51. The van der Waals surface area contributed by atoms with Gasteiger partial charge < -0.3 is 10.1 Å². The highest BCUT2D eigenvalue weighted by atomic mass is 79.9. The highest BCUT2D eigenvalue weighted by Gasteiger charge is 2.05. The zero-order valence-corrected chi connectivity index (χ0v) is 11.8. The maximum absolute atomic E-state index is 8.70. The van der Waals surface area contributed by atoms with E-state index in [1.807, 2.05) is 18.2 Å². The van der Waals surface area contributed by atoms with Gasteiger partial charge in [0.1, 0.15) is 11.8 Å². The molecule has 0 spiro atoms. The van der Waals surface area contributed by atoms with E-state index in [1.54, 1.807) is 6.92 Å². The molecular formula is C13H17BrN2O. The van der Waals surface area contributed by atoms with Crippen LogP contribution in [0.5, 0.6) is 5.75 Å². The van der Waals surface area contributed by atoms with Crippen LogP contribution in [0.1, 0.15) is 25.8 Å². The first-order valence-electron chi connectivity index (χ1n) is 5.72. The van der Waals surface area contributed by atoms with Crippen molar-refractivity contribution in [2.45, 2.75) is 32.9 Å². The molecule has 1 aromatic rings. The second kappa shape index (κ2) is 7.31. The monoisotopic (exact) mass is 296 g/mol. The molecule has 1 unspecified atom stereocenters. The number of rotatable bonds is 6. The van der Waals surface area contributed by atoms with Crippen molar-refractivity contribution in [1.29, 1.82) is 5.26 Å². The van der Waals surface area contributed by atoms with Crippen molar-refractivity contribution in [3.63, 3.8) is 0 Å². The van der Waals surface area contributed by atoms with Gasteiger partial charge in [-0.1, -0.05) is 22.9 Å². The number of hydrogen-bond donors (Lipinski definition) is 1. The highest BCUT2D eigenvalue weighted by molar-refractivity contribution is 9.10. The minimum absolute atomic E-state index is 0.423. The summed E-state index contributed by atoms with van der Waals surface area (Å²) in [5, 5.41) is 12.0. The van der Waals surface area contributed by atoms with E-state index >= 15 is 0 Å². The Morgan fingerprint density at radius 1 is 1.53 bits per heavy atom. The fraction of sp³-hybridized carbons (Fsp3) is 0.462. The molecule has 0 heterocycles. The van der Waals surface area contributed by atoms with Gasteiger partial charge in [0.05, 0.1) is 0 Å². The molecule has 0 aliphatic heterocycles. The lowest BCUT2D eigenvalue weighted by Gasteiger charge is -2.11. The third kappa shape index (κ3) is 4.76. The van der Waals surface area contributed by atoms with Crippen molar-refractivity contribution in [3.05, 3.63) is 28.2 Å². The first-order valence-corrected chi connectivity index (χ1v) is 6.52. The minimum Gasteiger partial charge on any atom is -0.476 e. The van der Waals surface area contributed by atoms with Crippen LogP contribution in [-0.2, 0) is 6.54 Å². The summed E-state index contributed by atoms with van der Waals surface area (Å²) in [6.45, 7) is 5.66. The van der Waals surface area contributed by atoms with Crippen LogP contribution in [0.25, 0.3) is 0 Å². The number of benzene rings is 1. The Bertz CT molecular complexity index is 401. The van der Waals surface area contributed by atoms with Gasteiger partial charge in [-0.3, -0.25) is 0 Å². The van der Waals surface area contributed by atoms with Crippen LogP contribution < -0.4 is 10.1 Å². The van der Waals surface area contributed by atoms with E-state index in [-0.39, 0.29) is 0 Å². The molecule has 0 saturated carbocycles. The molecule has 0 saturated heterocycles. The zero-order chi connectivity index (χ0) is 12.7. The van der Waals surface area contributed by atoms with Crippen molar-refractivity contribution in [3.8, 4) is 11.8 Å². The number of hydrogen-bond acceptors (Lipinski definition) is 3. The Morgan fingerprint density at radius 2 is 2.29 bits per heavy atom. The van der Waals surface area contributed by atoms with Gasteiger partial charge in [-0.25, -0.2) is 0 Å². The zero-order valence-electron chi connectivity index (χ0n) is 10.2. The summed E-state index contributed by atoms with van der Waals surface area (Å²) < 4.78 is 6.51. The van der Waals surface area contributed by atoms with Crippen LogP contribution in [0.15, 0.2) is 22.7 Å². The van der Waals surface area contributed by atoms with E-state index in [4.69, 9.17) is 10.00 Å². The Kier molecular flexibility index (Phi) is 6.03. The lowest BCUT2D eigenvalue weighted by atomic mass is 10.2. The van der Waals surface area contributed by atoms with Gasteiger partial charge in [0.15, 0.2) is 6.10 Å². The second-order valence-electron chi connectivity index (χ2n) is 3.82. The van der Waals surface area contributed by atoms with E-state index < -0.39 is 6.10 Å². The lowest BCUT2D eigenvalue weighted by molar-refractivity contribution is 0.276. The molecule has 3 nitrogen and oxygen atoms in total. The number of nitrogens with zero attached hydrogens (tertiary/aromatic N) is 1. The predicted octanol–water partition coefficient (Wildman–Crippen LogP) is 3.24. The molecule has 1 atom stereocenters. The summed E-state index contributed by atoms with van der Waals surface area (Å²) in [4.78, 5) is 0. The number of nitrogens with one attached hydrogen (secondary N) is 1. The van der Waals surface area contributed by atoms with E-state index in [9.17, 15) is 0 Å². The van der Waals surface area contributed by atoms with Gasteiger partial charge in [0.25, 0.3) is 0 Å². The molecule has 1 rings (SSSR count). The minimum atomic E-state index is -0.423. The number of nitriles is 1. The van der Waals surface area contributed by atoms with Crippen molar-refractivity contribution >= 4 is 15.9 Å². The molecule has 1 aromatic carbocycles. The SMILES string of the molecule is CCCNCc1cc(OC(C)C#N)ccc1Br. The van der Waals surface area contributed by atoms with Gasteiger partial charge >= 0.3 is 0 Å². The average molecular weight is 297 g/mol. The van der Waals surface area contributed by atoms with E-state index in [2.05, 4.69) is 34.2 Å². The Morgan fingerprint density at radius 3 is 2.94 bits per heavy atom. The van der Waals surface area contributed by atoms with Gasteiger partial charge in [0.2, 0.25) is 0 Å². The molecule has 4 heteroatoms. The van der Waals surface area contributed by atoms with E-state index in [1.165, 1.54) is 0 Å². The van der Waals surface area contributed by atoms with Gasteiger partial charge in [-0.15, -0.1) is 0 Å². The normalized spacial score (nSPS) is 11.9. The second-order valence-corrected chi connectivity index (χ2v) is 4.67. The van der Waals surface area contributed by atoms with Gasteiger partial charge in [0, 0.05) is 11.0 Å². The van der Waals surface area contributed by atoms with Crippen molar-refractivity contribution in [2.24, 2.45) is 0 Å². The fourth-order valence-corrected chi connectivity index (χ4v) is 1.78. The van der Waals surface area contributed by atoms with Gasteiger partial charge in [-0.2, -0.15) is 5.26 Å². The number of ether oxygens (including phenoxy) is 1. The van der Waals surface area contributed by atoms with Gasteiger partial charge in [-0.05, 0) is 43.7 Å². The summed E-state index contributed by atoms with van der Waals surface area (Å²) in [7, 11) is 0. The van der Waals surface area contributed by atoms with Crippen LogP contribution in [0, 0.1) is 11.3 Å². The quantitative estimate of drug-likeness (QED) is 0.820. The smallest absolute Gasteiger partial charge is 0.181 e. The van der Waals surface area contributed by atoms with Crippen LogP contribution >= 0.6 is 15.9 Å². The van der Waals surface area contributed by atoms with Crippen molar-refractivity contribution in [2.75, 3.05) is 6.54 Å². The molecule has 0 fully saturated rings. The Hall–Kier alpha value is -1.05. The molecule has 0 aliphatic carbocycles. The lowest BCUT2D eigenvalue weighted by Crippen LogP contribution is -2.14. The summed E-state index contributed by atoms with van der Waals surface area (Å²) in [5.41, 5.74) is 1.14. The molecule has 1 N–H and O–H groups in total. The van der Waals surface area contributed by atoms with Crippen LogP contribution in [0.4, 0.5) is 0 Å². The molecule has 0 radical (unpaired) electrons. The van der Waals surface area contributed by atoms with E-state index in [0.29, 0.717) is 0 Å². The number of halogens is 1. The molecule has 92 valence electrons. The van der Waals surface area contributed by atoms with Crippen LogP contribution in [0.3, 0.4) is 0 Å². The average Bonchev–Trinajstić information content (AvgIpc) is 2.33. The Balaban J connectivity index is 2.69. The topological polar surface area (TPSA) is 45.0 Å². The highest BCUT2D eigenvalue weighted by Crippen LogP contribution is 2.23. The molecule has 0 bridgehead atoms. The third-order valence-electron chi connectivity index (χ3n) is 2.25. The third-order valence-corrected chi connectivity index (χ3v) is 3.03. The van der Waals surface area contributed by atoms with Crippen LogP contribution in [0.2, 0.25) is 0 Å². The summed E-state index contributed by atoms with van der Waals surface area (Å²) in [5.74, 6) is 0.732. The summed E-state index contributed by atoms with van der Waals surface area (Å²) in [6.07, 6.45) is 0.687. The van der Waals surface area contributed by atoms with E-state index in [0.717, 1.165) is 35.3 Å². The first kappa shape index (κ1) is 14.0. The first-order chi connectivity index (χ1) is 8.17. The molecule has 0 aliphatic rings. The molecule has 0 amide bonds. The fourth-order valence-electron chi connectivity index (χ4n) is 1.39.